The van der Waals surface area contributed by atoms with Gasteiger partial charge in [0.25, 0.3) is 0 Å². The topological polar surface area (TPSA) is 113 Å². The molecule has 0 aromatic carbocycles. The van der Waals surface area contributed by atoms with Gasteiger partial charge in [-0.1, -0.05) is 0 Å². The molecule has 144 valence electrons. The number of likely N-dealkylation sites (tertiary alicyclic amines) is 1. The third-order valence-electron chi connectivity index (χ3n) is 4.19. The van der Waals surface area contributed by atoms with Crippen LogP contribution < -0.4 is 10.0 Å². The van der Waals surface area contributed by atoms with E-state index in [1.807, 2.05) is 0 Å². The molecule has 1 aliphatic heterocycles. The van der Waals surface area contributed by atoms with Crippen molar-refractivity contribution in [3.05, 3.63) is 24.5 Å². The average Bonchev–Trinajstić information content (AvgIpc) is 2.68. The molecule has 1 aliphatic rings. The molecule has 26 heavy (non-hydrogen) atoms. The number of pyridine rings is 1. The molecule has 2 heterocycles. The lowest BCUT2D eigenvalue weighted by molar-refractivity contribution is -0.146. The summed E-state index contributed by atoms with van der Waals surface area (Å²) < 4.78 is 31.5. The summed E-state index contributed by atoms with van der Waals surface area (Å²) in [6.45, 7) is 2.00. The van der Waals surface area contributed by atoms with Crippen molar-refractivity contribution < 1.29 is 17.9 Å². The van der Waals surface area contributed by atoms with Gasteiger partial charge in [-0.05, 0) is 25.0 Å². The van der Waals surface area contributed by atoms with Crippen LogP contribution in [0.1, 0.15) is 12.8 Å². The number of methoxy groups -OCH3 is 1. The Morgan fingerprint density at radius 3 is 2.69 bits per heavy atom. The monoisotopic (exact) mass is 383 g/mol. The zero-order valence-electron chi connectivity index (χ0n) is 15.0. The summed E-state index contributed by atoms with van der Waals surface area (Å²) in [6.07, 6.45) is 4.25. The number of carbonyl (C=O) groups is 1. The molecule has 0 unspecified atom stereocenters. The predicted octanol–water partition coefficient (Wildman–Crippen LogP) is -0.180. The van der Waals surface area contributed by atoms with Gasteiger partial charge in [-0.25, -0.2) is 13.1 Å². The minimum absolute atomic E-state index is 0.0688. The molecule has 0 saturated carbocycles. The largest absolute Gasteiger partial charge is 0.469 e. The summed E-state index contributed by atoms with van der Waals surface area (Å²) in [7, 11) is -0.487. The highest BCUT2D eigenvalue weighted by molar-refractivity contribution is 7.89. The van der Waals surface area contributed by atoms with Crippen molar-refractivity contribution in [2.45, 2.75) is 17.7 Å². The van der Waals surface area contributed by atoms with Crippen molar-refractivity contribution in [3.8, 4) is 0 Å². The highest BCUT2D eigenvalue weighted by atomic mass is 32.2. The molecule has 1 saturated heterocycles. The number of hydrogen-bond acceptors (Lipinski definition) is 6. The molecular weight excluding hydrogens is 358 g/mol. The van der Waals surface area contributed by atoms with Gasteiger partial charge in [0.2, 0.25) is 10.0 Å². The van der Waals surface area contributed by atoms with Gasteiger partial charge in [-0.15, -0.1) is 0 Å². The van der Waals surface area contributed by atoms with E-state index >= 15 is 0 Å². The number of piperidine rings is 1. The van der Waals surface area contributed by atoms with E-state index in [0.29, 0.717) is 38.4 Å². The van der Waals surface area contributed by atoms with E-state index in [4.69, 9.17) is 4.74 Å². The summed E-state index contributed by atoms with van der Waals surface area (Å²) >= 11 is 0. The average molecular weight is 383 g/mol. The van der Waals surface area contributed by atoms with Gasteiger partial charge in [0.1, 0.15) is 4.90 Å². The van der Waals surface area contributed by atoms with E-state index in [-0.39, 0.29) is 23.3 Å². The minimum atomic E-state index is -3.57. The van der Waals surface area contributed by atoms with Crippen LogP contribution in [0.5, 0.6) is 0 Å². The van der Waals surface area contributed by atoms with Crippen molar-refractivity contribution >= 4 is 22.0 Å². The number of hydrogen-bond donors (Lipinski definition) is 2. The second kappa shape index (κ2) is 9.48. The quantitative estimate of drug-likeness (QED) is 0.303. The van der Waals surface area contributed by atoms with E-state index in [0.717, 1.165) is 0 Å². The highest BCUT2D eigenvalue weighted by Crippen LogP contribution is 2.18. The Morgan fingerprint density at radius 1 is 1.38 bits per heavy atom. The molecule has 0 spiro atoms. The van der Waals surface area contributed by atoms with Gasteiger partial charge < -0.3 is 15.0 Å². The Hall–Kier alpha value is -2.20. The maximum atomic E-state index is 12.1. The molecule has 0 amide bonds. The Labute approximate surface area is 153 Å². The van der Waals surface area contributed by atoms with Crippen LogP contribution in [0.25, 0.3) is 0 Å². The molecule has 1 aromatic heterocycles. The molecule has 0 radical (unpaired) electrons. The number of rotatable bonds is 6. The lowest BCUT2D eigenvalue weighted by Gasteiger charge is -2.33. The smallest absolute Gasteiger partial charge is 0.308 e. The number of ether oxygens (including phenoxy) is 1. The highest BCUT2D eigenvalue weighted by Gasteiger charge is 2.26. The Morgan fingerprint density at radius 2 is 2.12 bits per heavy atom. The number of guanidine groups is 1. The summed E-state index contributed by atoms with van der Waals surface area (Å²) in [5.74, 6) is 0.451. The fourth-order valence-electron chi connectivity index (χ4n) is 2.78. The Bertz CT molecular complexity index is 715. The number of carbonyl (C=O) groups excluding carboxylic acids is 1. The fourth-order valence-corrected chi connectivity index (χ4v) is 3.77. The second-order valence-electron chi connectivity index (χ2n) is 5.84. The first-order valence-corrected chi connectivity index (χ1v) is 9.89. The summed E-state index contributed by atoms with van der Waals surface area (Å²) in [4.78, 5) is 21.8. The lowest BCUT2D eigenvalue weighted by Crippen LogP contribution is -2.48. The first-order valence-electron chi connectivity index (χ1n) is 8.41. The van der Waals surface area contributed by atoms with Crippen LogP contribution in [0.15, 0.2) is 34.4 Å². The Balaban J connectivity index is 1.77. The number of nitrogens with zero attached hydrogens (tertiary/aromatic N) is 3. The summed E-state index contributed by atoms with van der Waals surface area (Å²) in [6, 6.07) is 3.07. The van der Waals surface area contributed by atoms with Crippen LogP contribution in [0, 0.1) is 5.92 Å². The minimum Gasteiger partial charge on any atom is -0.469 e. The van der Waals surface area contributed by atoms with Crippen molar-refractivity contribution in [3.63, 3.8) is 0 Å². The second-order valence-corrected chi connectivity index (χ2v) is 7.61. The van der Waals surface area contributed by atoms with Crippen LogP contribution in [0.2, 0.25) is 0 Å². The fraction of sp³-hybridized carbons (Fsp3) is 0.562. The third-order valence-corrected chi connectivity index (χ3v) is 5.63. The maximum absolute atomic E-state index is 12.1. The molecule has 1 aromatic rings. The van der Waals surface area contributed by atoms with Gasteiger partial charge in [-0.3, -0.25) is 14.8 Å². The van der Waals surface area contributed by atoms with E-state index in [2.05, 4.69) is 24.9 Å². The predicted molar refractivity (Wildman–Crippen MR) is 97.1 cm³/mol. The van der Waals surface area contributed by atoms with Crippen molar-refractivity contribution in [2.75, 3.05) is 40.3 Å². The van der Waals surface area contributed by atoms with Crippen LogP contribution in [0.3, 0.4) is 0 Å². The third kappa shape index (κ3) is 5.40. The van der Waals surface area contributed by atoms with Crippen LogP contribution in [-0.4, -0.2) is 70.6 Å². The molecule has 0 bridgehead atoms. The van der Waals surface area contributed by atoms with Gasteiger partial charge in [0, 0.05) is 45.6 Å². The maximum Gasteiger partial charge on any atom is 0.308 e. The summed E-state index contributed by atoms with van der Waals surface area (Å²) in [5.41, 5.74) is 0. The molecule has 10 heteroatoms. The van der Waals surface area contributed by atoms with Crippen LogP contribution in [-0.2, 0) is 19.6 Å². The van der Waals surface area contributed by atoms with E-state index in [1.165, 1.54) is 25.6 Å². The number of sulfonamides is 1. The van der Waals surface area contributed by atoms with Gasteiger partial charge in [0.05, 0.1) is 13.0 Å². The number of aromatic nitrogens is 1. The van der Waals surface area contributed by atoms with E-state index in [1.54, 1.807) is 13.1 Å². The number of aliphatic imine (C=N–C) groups is 1. The summed E-state index contributed by atoms with van der Waals surface area (Å²) in [5, 5.41) is 3.14. The molecule has 0 aliphatic carbocycles. The van der Waals surface area contributed by atoms with Gasteiger partial charge >= 0.3 is 5.97 Å². The molecule has 2 rings (SSSR count). The molecule has 2 N–H and O–H groups in total. The van der Waals surface area contributed by atoms with Crippen LogP contribution in [0.4, 0.5) is 0 Å². The normalized spacial score (nSPS) is 16.4. The zero-order valence-corrected chi connectivity index (χ0v) is 15.8. The van der Waals surface area contributed by atoms with E-state index < -0.39 is 10.0 Å². The lowest BCUT2D eigenvalue weighted by atomic mass is 9.97. The number of esters is 1. The molecule has 9 nitrogen and oxygen atoms in total. The SMILES string of the molecule is CN=C(NCCNS(=O)(=O)c1cccnc1)N1CCC(C(=O)OC)CC1. The van der Waals surface area contributed by atoms with Gasteiger partial charge in [-0.2, -0.15) is 0 Å². The standard InChI is InChI=1S/C16H25N5O4S/c1-17-16(21-10-5-13(6-11-21)15(22)25-2)19-8-9-20-26(23,24)14-4-3-7-18-12-14/h3-4,7,12-13,20H,5-6,8-11H2,1-2H3,(H,17,19). The molecule has 1 fully saturated rings. The van der Waals surface area contributed by atoms with Crippen molar-refractivity contribution in [1.29, 1.82) is 0 Å². The van der Waals surface area contributed by atoms with Crippen molar-refractivity contribution in [1.82, 2.24) is 19.9 Å². The van der Waals surface area contributed by atoms with E-state index in [9.17, 15) is 13.2 Å². The molecule has 0 atom stereocenters. The first kappa shape index (κ1) is 20.1. The van der Waals surface area contributed by atoms with Crippen LogP contribution >= 0.6 is 0 Å². The Kier molecular flexibility index (Phi) is 7.34. The number of nitrogens with one attached hydrogen (secondary N) is 2. The molecular formula is C16H25N5O4S. The first-order chi connectivity index (χ1) is 12.5. The van der Waals surface area contributed by atoms with Crippen molar-refractivity contribution in [2.24, 2.45) is 10.9 Å². The van der Waals surface area contributed by atoms with Gasteiger partial charge in [0.15, 0.2) is 5.96 Å². The zero-order chi connectivity index (χ0) is 19.0.